The number of rotatable bonds is 0. The molecule has 12 heavy (non-hydrogen) atoms. The molecule has 4 nitrogen and oxygen atoms in total. The summed E-state index contributed by atoms with van der Waals surface area (Å²) in [4.78, 5) is 21.7. The van der Waals surface area contributed by atoms with E-state index < -0.39 is 0 Å². The number of pyridine rings is 1. The number of aromatic nitrogens is 3. The Balaban J connectivity index is 2.99. The lowest BCUT2D eigenvalue weighted by Gasteiger charge is -1.94. The number of hydrogen-bond acceptors (Lipinski definition) is 3. The molecule has 0 spiro atoms. The highest BCUT2D eigenvalue weighted by Crippen LogP contribution is 2.06. The Morgan fingerprint density at radius 3 is 3.17 bits per heavy atom. The summed E-state index contributed by atoms with van der Waals surface area (Å²) in [6.45, 7) is 0. The zero-order valence-electron chi connectivity index (χ0n) is 5.91. The number of halogens is 1. The molecule has 2 aromatic rings. The molecule has 2 aromatic heterocycles. The lowest BCUT2D eigenvalue weighted by Crippen LogP contribution is -2.08. The lowest BCUT2D eigenvalue weighted by molar-refractivity contribution is 1.17. The van der Waals surface area contributed by atoms with Gasteiger partial charge in [0.25, 0.3) is 5.56 Å². The van der Waals surface area contributed by atoms with Crippen LogP contribution in [0, 0.1) is 3.70 Å². The molecule has 0 saturated heterocycles. The molecule has 60 valence electrons. The van der Waals surface area contributed by atoms with Crippen molar-refractivity contribution in [3.8, 4) is 0 Å². The summed E-state index contributed by atoms with van der Waals surface area (Å²) in [7, 11) is 0. The smallest absolute Gasteiger partial charge is 0.259 e. The molecule has 0 amide bonds. The van der Waals surface area contributed by atoms with Crippen LogP contribution in [0.5, 0.6) is 0 Å². The predicted molar refractivity (Wildman–Crippen MR) is 52.9 cm³/mol. The van der Waals surface area contributed by atoms with Crippen LogP contribution in [0.2, 0.25) is 0 Å². The average molecular weight is 273 g/mol. The molecule has 0 aliphatic rings. The van der Waals surface area contributed by atoms with Gasteiger partial charge in [0.2, 0.25) is 0 Å². The molecule has 0 aliphatic heterocycles. The first-order chi connectivity index (χ1) is 5.77. The Labute approximate surface area is 81.2 Å². The monoisotopic (exact) mass is 273 g/mol. The molecule has 1 N–H and O–H groups in total. The number of hydrogen-bond donors (Lipinski definition) is 1. The van der Waals surface area contributed by atoms with Gasteiger partial charge in [0.05, 0.1) is 14.6 Å². The van der Waals surface area contributed by atoms with Gasteiger partial charge in [0.1, 0.15) is 6.33 Å². The van der Waals surface area contributed by atoms with Gasteiger partial charge in [-0.1, -0.05) is 0 Å². The quantitative estimate of drug-likeness (QED) is 0.573. The van der Waals surface area contributed by atoms with Gasteiger partial charge in [-0.15, -0.1) is 0 Å². The molecule has 0 bridgehead atoms. The molecule has 5 heteroatoms. The molecular weight excluding hydrogens is 269 g/mol. The van der Waals surface area contributed by atoms with E-state index in [0.717, 1.165) is 3.70 Å². The van der Waals surface area contributed by atoms with Crippen molar-refractivity contribution in [3.63, 3.8) is 0 Å². The first-order valence-corrected chi connectivity index (χ1v) is 4.34. The van der Waals surface area contributed by atoms with E-state index in [1.165, 1.54) is 12.5 Å². The van der Waals surface area contributed by atoms with E-state index in [1.54, 1.807) is 6.07 Å². The Bertz CT molecular complexity index is 479. The summed E-state index contributed by atoms with van der Waals surface area (Å²) < 4.78 is 0.781. The van der Waals surface area contributed by atoms with Gasteiger partial charge in [-0.2, -0.15) is 0 Å². The summed E-state index contributed by atoms with van der Waals surface area (Å²) in [6.07, 6.45) is 2.94. The first-order valence-electron chi connectivity index (χ1n) is 3.26. The maximum atomic E-state index is 11.3. The van der Waals surface area contributed by atoms with Crippen LogP contribution < -0.4 is 5.56 Å². The zero-order chi connectivity index (χ0) is 8.55. The maximum absolute atomic E-state index is 11.3. The fraction of sp³-hybridized carbons (Fsp3) is 0. The molecular formula is C7H4IN3O. The van der Waals surface area contributed by atoms with Crippen LogP contribution >= 0.6 is 22.6 Å². The Hall–Kier alpha value is -0.980. The summed E-state index contributed by atoms with van der Waals surface area (Å²) in [6, 6.07) is 1.80. The number of H-pyrrole nitrogens is 1. The van der Waals surface area contributed by atoms with Crippen LogP contribution in [0.1, 0.15) is 0 Å². The highest BCUT2D eigenvalue weighted by Gasteiger charge is 1.99. The largest absolute Gasteiger partial charge is 0.317 e. The van der Waals surface area contributed by atoms with Gasteiger partial charge in [-0.25, -0.2) is 9.97 Å². The van der Waals surface area contributed by atoms with Crippen molar-refractivity contribution in [1.82, 2.24) is 15.0 Å². The molecule has 0 aliphatic carbocycles. The van der Waals surface area contributed by atoms with E-state index in [2.05, 4.69) is 15.0 Å². The van der Waals surface area contributed by atoms with Crippen molar-refractivity contribution in [2.75, 3.05) is 0 Å². The third kappa shape index (κ3) is 1.20. The number of aromatic amines is 1. The third-order valence-electron chi connectivity index (χ3n) is 1.48. The predicted octanol–water partition coefficient (Wildman–Crippen LogP) is 0.923. The number of fused-ring (bicyclic) bond motifs is 1. The van der Waals surface area contributed by atoms with Crippen LogP contribution in [0.4, 0.5) is 0 Å². The fourth-order valence-electron chi connectivity index (χ4n) is 0.961. The van der Waals surface area contributed by atoms with Crippen molar-refractivity contribution in [2.45, 2.75) is 0 Å². The highest BCUT2D eigenvalue weighted by molar-refractivity contribution is 14.1. The van der Waals surface area contributed by atoms with E-state index >= 15 is 0 Å². The number of nitrogens with one attached hydrogen (secondary N) is 1. The van der Waals surface area contributed by atoms with Crippen molar-refractivity contribution < 1.29 is 0 Å². The molecule has 0 radical (unpaired) electrons. The average Bonchev–Trinajstić information content (AvgIpc) is 2.04. The molecule has 0 aromatic carbocycles. The second-order valence-corrected chi connectivity index (χ2v) is 3.43. The summed E-state index contributed by atoms with van der Waals surface area (Å²) in [5.41, 5.74) is 0.538. The fourth-order valence-corrected chi connectivity index (χ4v) is 1.50. The SMILES string of the molecule is O=c1[nH]c(I)cc2ncncc12. The lowest BCUT2D eigenvalue weighted by atomic mass is 10.3. The normalized spacial score (nSPS) is 10.4. The van der Waals surface area contributed by atoms with Crippen LogP contribution in [0.25, 0.3) is 10.9 Å². The minimum Gasteiger partial charge on any atom is -0.317 e. The molecule has 2 rings (SSSR count). The first kappa shape index (κ1) is 7.66. The summed E-state index contributed by atoms with van der Waals surface area (Å²) in [5.74, 6) is 0. The standard InChI is InChI=1S/C7H4IN3O/c8-6-1-5-4(7(12)11-6)2-9-3-10-5/h1-3H,(H,11,12). The van der Waals surface area contributed by atoms with Crippen LogP contribution in [0.3, 0.4) is 0 Å². The highest BCUT2D eigenvalue weighted by atomic mass is 127. The Morgan fingerprint density at radius 1 is 1.50 bits per heavy atom. The molecule has 0 saturated carbocycles. The van der Waals surface area contributed by atoms with Gasteiger partial charge >= 0.3 is 0 Å². The van der Waals surface area contributed by atoms with Gasteiger partial charge in [-0.3, -0.25) is 4.79 Å². The van der Waals surface area contributed by atoms with E-state index in [1.807, 2.05) is 22.6 Å². The Kier molecular flexibility index (Phi) is 1.80. The van der Waals surface area contributed by atoms with Gasteiger partial charge in [0, 0.05) is 6.20 Å². The van der Waals surface area contributed by atoms with Crippen molar-refractivity contribution in [2.24, 2.45) is 0 Å². The van der Waals surface area contributed by atoms with Crippen LogP contribution in [-0.2, 0) is 0 Å². The van der Waals surface area contributed by atoms with E-state index in [9.17, 15) is 4.79 Å². The molecule has 2 heterocycles. The maximum Gasteiger partial charge on any atom is 0.259 e. The van der Waals surface area contributed by atoms with E-state index in [4.69, 9.17) is 0 Å². The molecule has 0 fully saturated rings. The second-order valence-electron chi connectivity index (χ2n) is 2.27. The van der Waals surface area contributed by atoms with E-state index in [-0.39, 0.29) is 5.56 Å². The van der Waals surface area contributed by atoms with Gasteiger partial charge in [0.15, 0.2) is 0 Å². The molecule has 0 atom stereocenters. The van der Waals surface area contributed by atoms with Crippen LogP contribution in [-0.4, -0.2) is 15.0 Å². The van der Waals surface area contributed by atoms with Gasteiger partial charge in [-0.05, 0) is 28.7 Å². The van der Waals surface area contributed by atoms with Crippen LogP contribution in [0.15, 0.2) is 23.4 Å². The second kappa shape index (κ2) is 2.81. The Morgan fingerprint density at radius 2 is 2.33 bits per heavy atom. The molecule has 0 unspecified atom stereocenters. The summed E-state index contributed by atoms with van der Waals surface area (Å²) >= 11 is 2.04. The van der Waals surface area contributed by atoms with Crippen molar-refractivity contribution in [1.29, 1.82) is 0 Å². The van der Waals surface area contributed by atoms with Crippen molar-refractivity contribution >= 4 is 33.5 Å². The van der Waals surface area contributed by atoms with E-state index in [0.29, 0.717) is 10.9 Å². The topological polar surface area (TPSA) is 58.6 Å². The van der Waals surface area contributed by atoms with Gasteiger partial charge < -0.3 is 4.98 Å². The number of nitrogens with zero attached hydrogens (tertiary/aromatic N) is 2. The minimum absolute atomic E-state index is 0.141. The third-order valence-corrected chi connectivity index (χ3v) is 2.07. The summed E-state index contributed by atoms with van der Waals surface area (Å²) in [5, 5.41) is 0.526. The zero-order valence-corrected chi connectivity index (χ0v) is 8.07. The minimum atomic E-state index is -0.141. The van der Waals surface area contributed by atoms with Crippen molar-refractivity contribution in [3.05, 3.63) is 32.6 Å².